The molecule has 3 rings (SSSR count). The van der Waals surface area contributed by atoms with E-state index in [1.807, 2.05) is 7.05 Å². The van der Waals surface area contributed by atoms with Crippen molar-refractivity contribution in [2.45, 2.75) is 63.9 Å². The van der Waals surface area contributed by atoms with Gasteiger partial charge in [0.05, 0.1) is 6.10 Å². The Balaban J connectivity index is 1.33. The fourth-order valence-corrected chi connectivity index (χ4v) is 4.52. The Labute approximate surface area is 147 Å². The van der Waals surface area contributed by atoms with E-state index < -0.39 is 0 Å². The third-order valence-electron chi connectivity index (χ3n) is 5.99. The van der Waals surface area contributed by atoms with Crippen LogP contribution in [0.4, 0.5) is 0 Å². The van der Waals surface area contributed by atoms with Gasteiger partial charge in [0.25, 0.3) is 0 Å². The molecule has 2 heterocycles. The maximum absolute atomic E-state index is 5.94. The summed E-state index contributed by atoms with van der Waals surface area (Å²) in [7, 11) is 1.91. The summed E-state index contributed by atoms with van der Waals surface area (Å²) in [5.41, 5.74) is 0.585. The summed E-state index contributed by atoms with van der Waals surface area (Å²) < 4.78 is 11.3. The van der Waals surface area contributed by atoms with Crippen LogP contribution in [-0.4, -0.2) is 63.5 Å². The Morgan fingerprint density at radius 2 is 2.00 bits per heavy atom. The van der Waals surface area contributed by atoms with E-state index in [-0.39, 0.29) is 0 Å². The minimum atomic E-state index is 0.405. The summed E-state index contributed by atoms with van der Waals surface area (Å²) in [6, 6.07) is 0. The fourth-order valence-electron chi connectivity index (χ4n) is 4.52. The first kappa shape index (κ1) is 18.0. The number of guanidine groups is 1. The Kier molecular flexibility index (Phi) is 6.78. The molecule has 2 aliphatic heterocycles. The standard InChI is InChI=1S/C19H35N3O2/c1-20-18(21-11-5-13-24-17-6-14-23-15-7-17)22-12-10-19(16-22)8-3-2-4-9-19/h17H,2-16H2,1H3,(H,20,21). The summed E-state index contributed by atoms with van der Waals surface area (Å²) in [4.78, 5) is 6.99. The molecule has 0 aromatic rings. The number of nitrogens with one attached hydrogen (secondary N) is 1. The highest BCUT2D eigenvalue weighted by Gasteiger charge is 2.39. The molecule has 5 heteroatoms. The van der Waals surface area contributed by atoms with Crippen molar-refractivity contribution in [1.29, 1.82) is 0 Å². The van der Waals surface area contributed by atoms with E-state index in [4.69, 9.17) is 9.47 Å². The zero-order chi connectivity index (χ0) is 16.7. The smallest absolute Gasteiger partial charge is 0.193 e. The van der Waals surface area contributed by atoms with Crippen LogP contribution in [0, 0.1) is 5.41 Å². The van der Waals surface area contributed by atoms with Crippen LogP contribution in [0.5, 0.6) is 0 Å². The number of hydrogen-bond donors (Lipinski definition) is 1. The highest BCUT2D eigenvalue weighted by atomic mass is 16.5. The van der Waals surface area contributed by atoms with Gasteiger partial charge in [-0.3, -0.25) is 4.99 Å². The number of ether oxygens (including phenoxy) is 2. The lowest BCUT2D eigenvalue weighted by molar-refractivity contribution is -0.0320. The molecule has 0 unspecified atom stereocenters. The van der Waals surface area contributed by atoms with Crippen LogP contribution >= 0.6 is 0 Å². The average molecular weight is 338 g/mol. The largest absolute Gasteiger partial charge is 0.381 e. The third kappa shape index (κ3) is 4.85. The number of hydrogen-bond acceptors (Lipinski definition) is 3. The van der Waals surface area contributed by atoms with E-state index in [1.165, 1.54) is 45.1 Å². The lowest BCUT2D eigenvalue weighted by atomic mass is 9.73. The number of rotatable bonds is 5. The van der Waals surface area contributed by atoms with E-state index in [9.17, 15) is 0 Å². The molecule has 0 radical (unpaired) electrons. The number of likely N-dealkylation sites (tertiary alicyclic amines) is 1. The maximum atomic E-state index is 5.94. The van der Waals surface area contributed by atoms with Crippen LogP contribution in [-0.2, 0) is 9.47 Å². The molecule has 1 spiro atoms. The van der Waals surface area contributed by atoms with Crippen molar-refractivity contribution in [3.8, 4) is 0 Å². The average Bonchev–Trinajstić information content (AvgIpc) is 3.03. The lowest BCUT2D eigenvalue weighted by Crippen LogP contribution is -2.42. The molecule has 0 amide bonds. The Morgan fingerprint density at radius 1 is 1.21 bits per heavy atom. The Bertz CT molecular complexity index is 401. The fraction of sp³-hybridized carbons (Fsp3) is 0.947. The van der Waals surface area contributed by atoms with E-state index in [0.29, 0.717) is 11.5 Å². The SMILES string of the molecule is CN=C(NCCCOC1CCOCC1)N1CCC2(CCCCC2)C1. The van der Waals surface area contributed by atoms with Gasteiger partial charge < -0.3 is 19.7 Å². The second kappa shape index (κ2) is 9.04. The van der Waals surface area contributed by atoms with Gasteiger partial charge in [-0.25, -0.2) is 0 Å². The molecule has 1 saturated carbocycles. The minimum absolute atomic E-state index is 0.405. The molecule has 24 heavy (non-hydrogen) atoms. The molecular formula is C19H35N3O2. The molecule has 138 valence electrons. The van der Waals surface area contributed by atoms with Gasteiger partial charge in [0.1, 0.15) is 0 Å². The molecular weight excluding hydrogens is 302 g/mol. The molecule has 0 aromatic carbocycles. The van der Waals surface area contributed by atoms with Gasteiger partial charge >= 0.3 is 0 Å². The van der Waals surface area contributed by atoms with Crippen molar-refractivity contribution in [1.82, 2.24) is 10.2 Å². The monoisotopic (exact) mass is 337 g/mol. The summed E-state index contributed by atoms with van der Waals surface area (Å²) in [5.74, 6) is 1.09. The van der Waals surface area contributed by atoms with Gasteiger partial charge in [-0.15, -0.1) is 0 Å². The molecule has 0 bridgehead atoms. The van der Waals surface area contributed by atoms with Gasteiger partial charge in [0.15, 0.2) is 5.96 Å². The van der Waals surface area contributed by atoms with Gasteiger partial charge in [0.2, 0.25) is 0 Å². The second-order valence-electron chi connectivity index (χ2n) is 7.74. The molecule has 3 aliphatic rings. The van der Waals surface area contributed by atoms with Crippen molar-refractivity contribution < 1.29 is 9.47 Å². The second-order valence-corrected chi connectivity index (χ2v) is 7.74. The summed E-state index contributed by atoms with van der Waals surface area (Å²) in [6.07, 6.45) is 12.0. The van der Waals surface area contributed by atoms with Crippen molar-refractivity contribution in [3.05, 3.63) is 0 Å². The van der Waals surface area contributed by atoms with Gasteiger partial charge in [-0.2, -0.15) is 0 Å². The highest BCUT2D eigenvalue weighted by molar-refractivity contribution is 5.80. The van der Waals surface area contributed by atoms with Crippen LogP contribution in [0.3, 0.4) is 0 Å². The first-order valence-electron chi connectivity index (χ1n) is 9.96. The van der Waals surface area contributed by atoms with Crippen LogP contribution < -0.4 is 5.32 Å². The quantitative estimate of drug-likeness (QED) is 0.476. The highest BCUT2D eigenvalue weighted by Crippen LogP contribution is 2.43. The molecule has 2 saturated heterocycles. The zero-order valence-corrected chi connectivity index (χ0v) is 15.4. The first-order chi connectivity index (χ1) is 11.8. The van der Waals surface area contributed by atoms with E-state index in [2.05, 4.69) is 15.2 Å². The molecule has 3 fully saturated rings. The summed E-state index contributed by atoms with van der Waals surface area (Å²) in [6.45, 7) is 5.85. The van der Waals surface area contributed by atoms with Gasteiger partial charge in [-0.1, -0.05) is 19.3 Å². The lowest BCUT2D eigenvalue weighted by Gasteiger charge is -2.33. The normalized spacial score (nSPS) is 25.4. The van der Waals surface area contributed by atoms with Crippen molar-refractivity contribution >= 4 is 5.96 Å². The van der Waals surface area contributed by atoms with E-state index in [0.717, 1.165) is 58.1 Å². The van der Waals surface area contributed by atoms with E-state index >= 15 is 0 Å². The Morgan fingerprint density at radius 3 is 2.75 bits per heavy atom. The van der Waals surface area contributed by atoms with Crippen LogP contribution in [0.1, 0.15) is 57.8 Å². The molecule has 5 nitrogen and oxygen atoms in total. The zero-order valence-electron chi connectivity index (χ0n) is 15.4. The van der Waals surface area contributed by atoms with Crippen LogP contribution in [0.2, 0.25) is 0 Å². The summed E-state index contributed by atoms with van der Waals surface area (Å²) in [5, 5.41) is 3.54. The van der Waals surface area contributed by atoms with Crippen molar-refractivity contribution in [2.75, 3.05) is 46.5 Å². The molecule has 0 aromatic heterocycles. The van der Waals surface area contributed by atoms with Gasteiger partial charge in [0, 0.05) is 46.5 Å². The third-order valence-corrected chi connectivity index (χ3v) is 5.99. The topological polar surface area (TPSA) is 46.1 Å². The molecule has 1 N–H and O–H groups in total. The molecule has 1 aliphatic carbocycles. The van der Waals surface area contributed by atoms with Gasteiger partial charge in [-0.05, 0) is 43.9 Å². The predicted octanol–water partition coefficient (Wildman–Crippen LogP) is 2.80. The summed E-state index contributed by atoms with van der Waals surface area (Å²) >= 11 is 0. The van der Waals surface area contributed by atoms with Crippen molar-refractivity contribution in [3.63, 3.8) is 0 Å². The Hall–Kier alpha value is -0.810. The van der Waals surface area contributed by atoms with Crippen LogP contribution in [0.25, 0.3) is 0 Å². The maximum Gasteiger partial charge on any atom is 0.193 e. The minimum Gasteiger partial charge on any atom is -0.381 e. The van der Waals surface area contributed by atoms with E-state index in [1.54, 1.807) is 0 Å². The predicted molar refractivity (Wildman–Crippen MR) is 97.5 cm³/mol. The number of aliphatic imine (C=N–C) groups is 1. The number of nitrogens with zero attached hydrogens (tertiary/aromatic N) is 2. The first-order valence-corrected chi connectivity index (χ1v) is 9.96. The molecule has 0 atom stereocenters. The van der Waals surface area contributed by atoms with Crippen LogP contribution in [0.15, 0.2) is 4.99 Å². The van der Waals surface area contributed by atoms with Crippen molar-refractivity contribution in [2.24, 2.45) is 10.4 Å².